The third kappa shape index (κ3) is 8.24. The van der Waals surface area contributed by atoms with Gasteiger partial charge < -0.3 is 15.4 Å². The van der Waals surface area contributed by atoms with E-state index in [4.69, 9.17) is 4.74 Å². The Morgan fingerprint density at radius 1 is 1.17 bits per heavy atom. The van der Waals surface area contributed by atoms with Crippen LogP contribution in [0, 0.1) is 0 Å². The van der Waals surface area contributed by atoms with E-state index in [1.54, 1.807) is 20.8 Å². The van der Waals surface area contributed by atoms with Crippen molar-refractivity contribution in [2.24, 2.45) is 0 Å². The highest BCUT2D eigenvalue weighted by Crippen LogP contribution is 2.08. The van der Waals surface area contributed by atoms with Gasteiger partial charge >= 0.3 is 6.09 Å². The molecule has 128 valence electrons. The Labute approximate surface area is 138 Å². The minimum absolute atomic E-state index is 0.187. The summed E-state index contributed by atoms with van der Waals surface area (Å²) in [5.41, 5.74) is 0.437. The van der Waals surface area contributed by atoms with Gasteiger partial charge in [0, 0.05) is 6.54 Å². The molecule has 0 aliphatic carbocycles. The maximum atomic E-state index is 12.3. The minimum atomic E-state index is -0.583. The molecule has 1 rings (SSSR count). The van der Waals surface area contributed by atoms with Gasteiger partial charge in [0.1, 0.15) is 11.6 Å². The average Bonchev–Trinajstić information content (AvgIpc) is 2.48. The van der Waals surface area contributed by atoms with E-state index in [2.05, 4.69) is 10.6 Å². The number of alkyl carbamates (subject to hydrolysis) is 1. The maximum absolute atomic E-state index is 12.3. The zero-order valence-electron chi connectivity index (χ0n) is 14.5. The lowest BCUT2D eigenvalue weighted by molar-refractivity contribution is -0.123. The number of benzene rings is 1. The van der Waals surface area contributed by atoms with Gasteiger partial charge in [0.05, 0.1) is 0 Å². The molecular weight excluding hydrogens is 292 g/mol. The normalized spacial score (nSPS) is 12.3. The quantitative estimate of drug-likeness (QED) is 0.809. The summed E-state index contributed by atoms with van der Waals surface area (Å²) < 4.78 is 5.23. The molecule has 23 heavy (non-hydrogen) atoms. The third-order valence-electron chi connectivity index (χ3n) is 3.16. The van der Waals surface area contributed by atoms with Gasteiger partial charge in [-0.25, -0.2) is 4.79 Å². The SMILES string of the molecule is CCCC[C@@H](NC(=O)OC(C)(C)C)C(=O)NCc1ccccc1. The molecule has 0 aliphatic rings. The number of nitrogens with one attached hydrogen (secondary N) is 2. The molecule has 0 spiro atoms. The zero-order valence-corrected chi connectivity index (χ0v) is 14.5. The minimum Gasteiger partial charge on any atom is -0.444 e. The highest BCUT2D eigenvalue weighted by atomic mass is 16.6. The first-order valence-electron chi connectivity index (χ1n) is 8.13. The molecule has 2 N–H and O–H groups in total. The van der Waals surface area contributed by atoms with Crippen molar-refractivity contribution in [3.8, 4) is 0 Å². The number of unbranched alkanes of at least 4 members (excludes halogenated alkanes) is 1. The van der Waals surface area contributed by atoms with Crippen molar-refractivity contribution in [2.45, 2.75) is 65.1 Å². The fourth-order valence-electron chi connectivity index (χ4n) is 2.04. The second kappa shape index (κ2) is 9.18. The number of hydrogen-bond donors (Lipinski definition) is 2. The molecule has 0 radical (unpaired) electrons. The molecule has 1 aromatic rings. The topological polar surface area (TPSA) is 67.4 Å². The number of hydrogen-bond acceptors (Lipinski definition) is 3. The van der Waals surface area contributed by atoms with Crippen LogP contribution in [0.5, 0.6) is 0 Å². The number of carbonyl (C=O) groups excluding carboxylic acids is 2. The van der Waals surface area contributed by atoms with E-state index in [1.165, 1.54) is 0 Å². The average molecular weight is 320 g/mol. The van der Waals surface area contributed by atoms with Crippen molar-refractivity contribution in [1.82, 2.24) is 10.6 Å². The molecule has 5 heteroatoms. The van der Waals surface area contributed by atoms with Crippen molar-refractivity contribution in [2.75, 3.05) is 0 Å². The molecule has 0 saturated heterocycles. The fraction of sp³-hybridized carbons (Fsp3) is 0.556. The van der Waals surface area contributed by atoms with Crippen LogP contribution in [0.2, 0.25) is 0 Å². The highest BCUT2D eigenvalue weighted by Gasteiger charge is 2.23. The molecule has 0 aromatic heterocycles. The first kappa shape index (κ1) is 19.0. The number of carbonyl (C=O) groups is 2. The van der Waals surface area contributed by atoms with Crippen LogP contribution in [0.1, 0.15) is 52.5 Å². The lowest BCUT2D eigenvalue weighted by Crippen LogP contribution is -2.48. The molecule has 0 bridgehead atoms. The predicted molar refractivity (Wildman–Crippen MR) is 91.0 cm³/mol. The van der Waals surface area contributed by atoms with Crippen molar-refractivity contribution in [3.05, 3.63) is 35.9 Å². The van der Waals surface area contributed by atoms with E-state index < -0.39 is 17.7 Å². The van der Waals surface area contributed by atoms with Crippen molar-refractivity contribution >= 4 is 12.0 Å². The van der Waals surface area contributed by atoms with Crippen molar-refractivity contribution in [1.29, 1.82) is 0 Å². The van der Waals surface area contributed by atoms with Gasteiger partial charge in [0.25, 0.3) is 0 Å². The monoisotopic (exact) mass is 320 g/mol. The molecule has 1 aromatic carbocycles. The van der Waals surface area contributed by atoms with Crippen molar-refractivity contribution < 1.29 is 14.3 Å². The van der Waals surface area contributed by atoms with E-state index >= 15 is 0 Å². The maximum Gasteiger partial charge on any atom is 0.408 e. The number of rotatable bonds is 7. The zero-order chi connectivity index (χ0) is 17.3. The second-order valence-electron chi connectivity index (χ2n) is 6.54. The first-order valence-corrected chi connectivity index (χ1v) is 8.13. The molecule has 0 heterocycles. The summed E-state index contributed by atoms with van der Waals surface area (Å²) >= 11 is 0. The van der Waals surface area contributed by atoms with E-state index in [1.807, 2.05) is 37.3 Å². The molecule has 0 fully saturated rings. The number of ether oxygens (including phenoxy) is 1. The van der Waals surface area contributed by atoms with Gasteiger partial charge in [-0.05, 0) is 32.8 Å². The largest absolute Gasteiger partial charge is 0.444 e. The lowest BCUT2D eigenvalue weighted by atomic mass is 10.1. The number of amides is 2. The summed E-state index contributed by atoms with van der Waals surface area (Å²) in [5.74, 6) is -0.187. The van der Waals surface area contributed by atoms with Gasteiger partial charge in [-0.1, -0.05) is 50.1 Å². The van der Waals surface area contributed by atoms with Crippen LogP contribution in [-0.4, -0.2) is 23.6 Å². The van der Waals surface area contributed by atoms with Crippen molar-refractivity contribution in [3.63, 3.8) is 0 Å². The van der Waals surface area contributed by atoms with E-state index in [9.17, 15) is 9.59 Å². The van der Waals surface area contributed by atoms with Crippen LogP contribution in [0.15, 0.2) is 30.3 Å². The third-order valence-corrected chi connectivity index (χ3v) is 3.16. The standard InChI is InChI=1S/C18H28N2O3/c1-5-6-12-15(20-17(22)23-18(2,3)4)16(21)19-13-14-10-8-7-9-11-14/h7-11,15H,5-6,12-13H2,1-4H3,(H,19,21)(H,20,22)/t15-/m1/s1. The molecule has 0 unspecified atom stereocenters. The molecule has 0 saturated carbocycles. The van der Waals surface area contributed by atoms with Crippen LogP contribution < -0.4 is 10.6 Å². The van der Waals surface area contributed by atoms with E-state index in [0.717, 1.165) is 18.4 Å². The summed E-state index contributed by atoms with van der Waals surface area (Å²) in [4.78, 5) is 24.2. The van der Waals surface area contributed by atoms with Gasteiger partial charge in [0.15, 0.2) is 0 Å². The summed E-state index contributed by atoms with van der Waals surface area (Å²) in [6.45, 7) is 7.88. The molecule has 2 amide bonds. The Hall–Kier alpha value is -2.04. The smallest absolute Gasteiger partial charge is 0.408 e. The predicted octanol–water partition coefficient (Wildman–Crippen LogP) is 3.39. The Morgan fingerprint density at radius 2 is 1.83 bits per heavy atom. The highest BCUT2D eigenvalue weighted by molar-refractivity contribution is 5.85. The first-order chi connectivity index (χ1) is 10.8. The van der Waals surface area contributed by atoms with Crippen LogP contribution in [0.4, 0.5) is 4.79 Å². The lowest BCUT2D eigenvalue weighted by Gasteiger charge is -2.23. The molecule has 0 aliphatic heterocycles. The summed E-state index contributed by atoms with van der Waals surface area (Å²) in [5, 5.41) is 5.54. The van der Waals surface area contributed by atoms with Crippen LogP contribution in [0.25, 0.3) is 0 Å². The Balaban J connectivity index is 2.57. The Bertz CT molecular complexity index is 495. The van der Waals surface area contributed by atoms with Crippen LogP contribution in [0.3, 0.4) is 0 Å². The Morgan fingerprint density at radius 3 is 2.39 bits per heavy atom. The van der Waals surface area contributed by atoms with Crippen LogP contribution in [-0.2, 0) is 16.1 Å². The van der Waals surface area contributed by atoms with E-state index in [0.29, 0.717) is 13.0 Å². The van der Waals surface area contributed by atoms with Gasteiger partial charge in [-0.15, -0.1) is 0 Å². The summed E-state index contributed by atoms with van der Waals surface area (Å²) in [7, 11) is 0. The Kier molecular flexibility index (Phi) is 7.59. The molecule has 5 nitrogen and oxygen atoms in total. The van der Waals surface area contributed by atoms with Gasteiger partial charge in [-0.2, -0.15) is 0 Å². The summed E-state index contributed by atoms with van der Waals surface area (Å²) in [6, 6.07) is 9.10. The fourth-order valence-corrected chi connectivity index (χ4v) is 2.04. The van der Waals surface area contributed by atoms with Gasteiger partial charge in [-0.3, -0.25) is 4.79 Å². The molecule has 1 atom stereocenters. The van der Waals surface area contributed by atoms with Gasteiger partial charge in [0.2, 0.25) is 5.91 Å². The van der Waals surface area contributed by atoms with Crippen LogP contribution >= 0.6 is 0 Å². The summed E-state index contributed by atoms with van der Waals surface area (Å²) in [6.07, 6.45) is 1.85. The molecular formula is C18H28N2O3. The second-order valence-corrected chi connectivity index (χ2v) is 6.54. The van der Waals surface area contributed by atoms with E-state index in [-0.39, 0.29) is 5.91 Å².